The number of hydrogen-bond acceptors (Lipinski definition) is 10. The highest BCUT2D eigenvalue weighted by atomic mass is 32.1. The van der Waals surface area contributed by atoms with E-state index in [1.54, 1.807) is 13.1 Å². The number of aromatic nitrogens is 2. The van der Waals surface area contributed by atoms with Crippen molar-refractivity contribution in [2.45, 2.75) is 49.6 Å². The summed E-state index contributed by atoms with van der Waals surface area (Å²) in [6.45, 7) is 0.529. The molecular formula is C33H31F6N7O3S. The standard InChI is InChI=1S/C33H31F6N7O3S/c1-44(17-5-8-45(13-17)23(48)14-47)30-19-9-21(33(37,38)39)25(18-3-4-22(35)28-24(18)20(11-40)29(41)50-28)26(36)27(19)42-31(43-30)49-15-32-6-2-7-46(32)12-16(34)10-32/h3-4,9,16-17,47H,2,5-8,10,12-15,41H2,1H3. The first-order chi connectivity index (χ1) is 23.8. The van der Waals surface area contributed by atoms with E-state index in [-0.39, 0.29) is 70.5 Å². The Bertz CT molecular complexity index is 2070. The number of nitriles is 1. The predicted molar refractivity (Wildman–Crippen MR) is 173 cm³/mol. The third-order valence-electron chi connectivity index (χ3n) is 10.2. The van der Waals surface area contributed by atoms with E-state index in [0.717, 1.165) is 18.6 Å². The number of halogens is 6. The lowest BCUT2D eigenvalue weighted by Gasteiger charge is -2.31. The number of carbonyl (C=O) groups excluding carboxylic acids is 1. The van der Waals surface area contributed by atoms with E-state index < -0.39 is 70.3 Å². The number of carbonyl (C=O) groups is 1. The van der Waals surface area contributed by atoms with Gasteiger partial charge in [0.2, 0.25) is 5.91 Å². The average molecular weight is 720 g/mol. The number of anilines is 2. The molecule has 2 aromatic heterocycles. The van der Waals surface area contributed by atoms with E-state index in [9.17, 15) is 37.1 Å². The van der Waals surface area contributed by atoms with Crippen LogP contribution in [0, 0.1) is 23.0 Å². The molecular weight excluding hydrogens is 688 g/mol. The molecule has 3 fully saturated rings. The highest BCUT2D eigenvalue weighted by Crippen LogP contribution is 2.48. The van der Waals surface area contributed by atoms with Crippen LogP contribution in [0.5, 0.6) is 6.01 Å². The van der Waals surface area contributed by atoms with Crippen LogP contribution in [-0.2, 0) is 11.0 Å². The normalized spacial score (nSPS) is 22.4. The second-order valence-electron chi connectivity index (χ2n) is 13.0. The SMILES string of the molecule is CN(c1nc(OCC23CCCN2CC(F)C3)nc2c(F)c(-c3ccc(F)c4sc(N)c(C#N)c34)c(C(F)(F)F)cc12)C1CCN(C(=O)CO)C1. The number of nitrogen functional groups attached to an aromatic ring is 1. The van der Waals surface area contributed by atoms with Crippen molar-refractivity contribution in [2.24, 2.45) is 0 Å². The maximum Gasteiger partial charge on any atom is 0.417 e. The van der Waals surface area contributed by atoms with Gasteiger partial charge in [0.05, 0.1) is 21.4 Å². The Morgan fingerprint density at radius 1 is 1.26 bits per heavy atom. The van der Waals surface area contributed by atoms with Gasteiger partial charge < -0.3 is 25.4 Å². The summed E-state index contributed by atoms with van der Waals surface area (Å²) < 4.78 is 97.1. The number of amides is 1. The molecule has 3 saturated heterocycles. The molecule has 0 aliphatic carbocycles. The zero-order chi connectivity index (χ0) is 35.7. The van der Waals surface area contributed by atoms with Crippen LogP contribution in [0.15, 0.2) is 18.2 Å². The summed E-state index contributed by atoms with van der Waals surface area (Å²) in [4.78, 5) is 25.9. The van der Waals surface area contributed by atoms with E-state index in [1.807, 2.05) is 4.90 Å². The molecule has 3 N–H and O–H groups in total. The van der Waals surface area contributed by atoms with E-state index in [4.69, 9.17) is 10.5 Å². The Kier molecular flexibility index (Phi) is 8.47. The number of likely N-dealkylation sites (tertiary alicyclic amines) is 1. The Hall–Kier alpha value is -4.40. The number of nitrogens with two attached hydrogens (primary N) is 1. The molecule has 50 heavy (non-hydrogen) atoms. The lowest BCUT2D eigenvalue weighted by atomic mass is 9.92. The highest BCUT2D eigenvalue weighted by Gasteiger charge is 2.49. The van der Waals surface area contributed by atoms with Gasteiger partial charge in [0.1, 0.15) is 47.6 Å². The third-order valence-corrected chi connectivity index (χ3v) is 11.2. The minimum absolute atomic E-state index is 0.0440. The van der Waals surface area contributed by atoms with Crippen molar-refractivity contribution in [2.75, 3.05) is 57.1 Å². The number of hydrogen-bond donors (Lipinski definition) is 2. The lowest BCUT2D eigenvalue weighted by Crippen LogP contribution is -2.43. The predicted octanol–water partition coefficient (Wildman–Crippen LogP) is 5.25. The van der Waals surface area contributed by atoms with Crippen molar-refractivity contribution >= 4 is 49.1 Å². The molecule has 5 heterocycles. The first-order valence-corrected chi connectivity index (χ1v) is 16.7. The van der Waals surface area contributed by atoms with E-state index in [1.165, 1.54) is 9.80 Å². The smallest absolute Gasteiger partial charge is 0.417 e. The maximum absolute atomic E-state index is 17.0. The van der Waals surface area contributed by atoms with Gasteiger partial charge in [-0.2, -0.15) is 28.4 Å². The van der Waals surface area contributed by atoms with Gasteiger partial charge in [-0.3, -0.25) is 9.69 Å². The van der Waals surface area contributed by atoms with Crippen molar-refractivity contribution in [3.05, 3.63) is 41.0 Å². The van der Waals surface area contributed by atoms with Crippen LogP contribution in [0.3, 0.4) is 0 Å². The van der Waals surface area contributed by atoms with Crippen LogP contribution in [0.4, 0.5) is 37.2 Å². The summed E-state index contributed by atoms with van der Waals surface area (Å²) in [7, 11) is 1.54. The number of thiophene rings is 1. The van der Waals surface area contributed by atoms with Gasteiger partial charge in [0, 0.05) is 55.5 Å². The Morgan fingerprint density at radius 3 is 2.76 bits per heavy atom. The average Bonchev–Trinajstić information content (AvgIpc) is 3.85. The maximum atomic E-state index is 17.0. The van der Waals surface area contributed by atoms with Crippen molar-refractivity contribution < 1.29 is 41.0 Å². The van der Waals surface area contributed by atoms with Gasteiger partial charge in [-0.05, 0) is 43.5 Å². The molecule has 3 aliphatic heterocycles. The van der Waals surface area contributed by atoms with E-state index in [0.29, 0.717) is 36.8 Å². The fourth-order valence-corrected chi connectivity index (χ4v) is 8.67. The van der Waals surface area contributed by atoms with Gasteiger partial charge in [0.15, 0.2) is 5.82 Å². The van der Waals surface area contributed by atoms with E-state index in [2.05, 4.69) is 9.97 Å². The van der Waals surface area contributed by atoms with Crippen LogP contribution in [0.25, 0.3) is 32.1 Å². The zero-order valence-corrected chi connectivity index (χ0v) is 27.5. The van der Waals surface area contributed by atoms with Crippen LogP contribution < -0.4 is 15.4 Å². The van der Waals surface area contributed by atoms with Crippen molar-refractivity contribution in [1.82, 2.24) is 19.8 Å². The number of nitrogens with zero attached hydrogens (tertiary/aromatic N) is 6. The number of benzene rings is 2. The summed E-state index contributed by atoms with van der Waals surface area (Å²) in [5.41, 5.74) is 1.70. The molecule has 7 rings (SSSR count). The number of alkyl halides is 4. The molecule has 0 spiro atoms. The summed E-state index contributed by atoms with van der Waals surface area (Å²) in [6.07, 6.45) is -4.17. The van der Waals surface area contributed by atoms with Crippen molar-refractivity contribution in [1.29, 1.82) is 5.26 Å². The fraction of sp³-hybridized carbons (Fsp3) is 0.455. The molecule has 4 aromatic rings. The molecule has 3 atom stereocenters. The number of rotatable bonds is 7. The second-order valence-corrected chi connectivity index (χ2v) is 14.1. The molecule has 17 heteroatoms. The van der Waals surface area contributed by atoms with E-state index >= 15 is 4.39 Å². The minimum atomic E-state index is -5.14. The van der Waals surface area contributed by atoms with Gasteiger partial charge in [-0.1, -0.05) is 6.07 Å². The molecule has 0 bridgehead atoms. The zero-order valence-electron chi connectivity index (χ0n) is 26.7. The minimum Gasteiger partial charge on any atom is -0.461 e. The largest absolute Gasteiger partial charge is 0.461 e. The first-order valence-electron chi connectivity index (χ1n) is 15.9. The molecule has 3 aliphatic rings. The quantitative estimate of drug-likeness (QED) is 0.246. The summed E-state index contributed by atoms with van der Waals surface area (Å²) >= 11 is 0.664. The Labute approximate surface area is 285 Å². The molecule has 2 aromatic carbocycles. The molecule has 0 radical (unpaired) electrons. The Morgan fingerprint density at radius 2 is 2.04 bits per heavy atom. The fourth-order valence-electron chi connectivity index (χ4n) is 7.73. The van der Waals surface area contributed by atoms with Crippen molar-refractivity contribution in [3.8, 4) is 23.2 Å². The van der Waals surface area contributed by atoms with Crippen LogP contribution >= 0.6 is 11.3 Å². The summed E-state index contributed by atoms with van der Waals surface area (Å²) in [5, 5.41) is 18.4. The molecule has 10 nitrogen and oxygen atoms in total. The first kappa shape index (κ1) is 34.1. The summed E-state index contributed by atoms with van der Waals surface area (Å²) in [6, 6.07) is 3.55. The number of ether oxygens (including phenoxy) is 1. The Balaban J connectivity index is 1.43. The van der Waals surface area contributed by atoms with Gasteiger partial charge in [-0.25, -0.2) is 13.2 Å². The van der Waals surface area contributed by atoms with Gasteiger partial charge in [-0.15, -0.1) is 11.3 Å². The van der Waals surface area contributed by atoms with Crippen LogP contribution in [0.2, 0.25) is 0 Å². The lowest BCUT2D eigenvalue weighted by molar-refractivity contribution is -0.137. The van der Waals surface area contributed by atoms with Gasteiger partial charge in [0.25, 0.3) is 0 Å². The summed E-state index contributed by atoms with van der Waals surface area (Å²) in [5.74, 6) is -2.88. The number of aliphatic hydroxyl groups is 1. The van der Waals surface area contributed by atoms with Gasteiger partial charge >= 0.3 is 12.2 Å². The molecule has 1 amide bonds. The number of fused-ring (bicyclic) bond motifs is 3. The molecule has 3 unspecified atom stereocenters. The number of likely N-dealkylation sites (N-methyl/N-ethyl adjacent to an activating group) is 1. The molecule has 264 valence electrons. The molecule has 0 saturated carbocycles. The third kappa shape index (κ3) is 5.53. The topological polar surface area (TPSA) is 132 Å². The monoisotopic (exact) mass is 719 g/mol. The van der Waals surface area contributed by atoms with Crippen LogP contribution in [0.1, 0.15) is 36.8 Å². The van der Waals surface area contributed by atoms with Crippen molar-refractivity contribution in [3.63, 3.8) is 0 Å². The second kappa shape index (κ2) is 12.4. The number of aliphatic hydroxyl groups excluding tert-OH is 1. The van der Waals surface area contributed by atoms with Crippen LogP contribution in [-0.4, -0.2) is 95.0 Å². The highest BCUT2D eigenvalue weighted by molar-refractivity contribution is 7.23.